The molecule has 1 saturated heterocycles. The van der Waals surface area contributed by atoms with Crippen LogP contribution in [0.3, 0.4) is 0 Å². The minimum Gasteiger partial charge on any atom is -0.495 e. The molecule has 1 aromatic carbocycles. The molecule has 3 rings (SSSR count). The van der Waals surface area contributed by atoms with Crippen molar-refractivity contribution in [3.63, 3.8) is 0 Å². The molecule has 0 spiro atoms. The van der Waals surface area contributed by atoms with E-state index in [0.717, 1.165) is 38.2 Å². The molecule has 0 aliphatic carbocycles. The number of rotatable bonds is 7. The van der Waals surface area contributed by atoms with Crippen LogP contribution >= 0.6 is 23.4 Å². The number of hydrogen-bond acceptors (Lipinski definition) is 5. The van der Waals surface area contributed by atoms with Crippen molar-refractivity contribution in [2.75, 3.05) is 20.2 Å². The number of likely N-dealkylation sites (tertiary alicyclic amines) is 1. The highest BCUT2D eigenvalue weighted by Crippen LogP contribution is 2.33. The summed E-state index contributed by atoms with van der Waals surface area (Å²) in [6.07, 6.45) is 4.31. The minimum atomic E-state index is -0.186. The van der Waals surface area contributed by atoms with E-state index in [2.05, 4.69) is 23.9 Å². The third-order valence-electron chi connectivity index (χ3n) is 5.44. The molecular weight excluding hydrogens is 408 g/mol. The van der Waals surface area contributed by atoms with Gasteiger partial charge in [-0.15, -0.1) is 5.10 Å². The highest BCUT2D eigenvalue weighted by atomic mass is 35.5. The number of nitrogens with zero attached hydrogens (tertiary/aromatic N) is 4. The average Bonchev–Trinajstić information content (AvgIpc) is 3.11. The van der Waals surface area contributed by atoms with E-state index in [1.165, 1.54) is 18.2 Å². The first-order valence-corrected chi connectivity index (χ1v) is 11.4. The normalized spacial score (nSPS) is 16.5. The first-order chi connectivity index (χ1) is 14.0. The number of thioether (sulfide) groups is 1. The second-order valence-corrected chi connectivity index (χ2v) is 8.94. The molecule has 1 aromatic heterocycles. The zero-order valence-corrected chi connectivity index (χ0v) is 19.1. The molecule has 1 amide bonds. The maximum Gasteiger partial charge on any atom is 0.236 e. The van der Waals surface area contributed by atoms with E-state index in [0.29, 0.717) is 21.6 Å². The predicted octanol–water partition coefficient (Wildman–Crippen LogP) is 4.76. The van der Waals surface area contributed by atoms with Crippen LogP contribution in [0.15, 0.2) is 23.4 Å². The summed E-state index contributed by atoms with van der Waals surface area (Å²) < 4.78 is 7.03. The Morgan fingerprint density at radius 2 is 2.03 bits per heavy atom. The van der Waals surface area contributed by atoms with Gasteiger partial charge in [-0.1, -0.05) is 49.7 Å². The van der Waals surface area contributed by atoms with Gasteiger partial charge in [0.15, 0.2) is 0 Å². The molecule has 2 unspecified atom stereocenters. The summed E-state index contributed by atoms with van der Waals surface area (Å²) in [7, 11) is 1.59. The Balaban J connectivity index is 1.86. The molecule has 2 heterocycles. The van der Waals surface area contributed by atoms with Gasteiger partial charge in [0.25, 0.3) is 0 Å². The van der Waals surface area contributed by atoms with Crippen LogP contribution in [0.25, 0.3) is 5.69 Å². The first-order valence-electron chi connectivity index (χ1n) is 10.2. The van der Waals surface area contributed by atoms with E-state index in [9.17, 15) is 4.79 Å². The summed E-state index contributed by atoms with van der Waals surface area (Å²) in [6, 6.07) is 5.56. The molecule has 2 atom stereocenters. The molecule has 2 aromatic rings. The number of aromatic nitrogens is 3. The van der Waals surface area contributed by atoms with E-state index in [4.69, 9.17) is 16.3 Å². The molecule has 1 aliphatic rings. The summed E-state index contributed by atoms with van der Waals surface area (Å²) in [5.41, 5.74) is 0.713. The third-order valence-corrected chi connectivity index (χ3v) is 7.13. The Kier molecular flexibility index (Phi) is 7.46. The molecule has 0 saturated carbocycles. The Bertz CT molecular complexity index is 851. The number of aryl methyl sites for hydroxylation is 1. The lowest BCUT2D eigenvalue weighted by Gasteiger charge is -2.31. The van der Waals surface area contributed by atoms with E-state index in [-0.39, 0.29) is 17.1 Å². The van der Waals surface area contributed by atoms with E-state index < -0.39 is 0 Å². The van der Waals surface area contributed by atoms with Crippen LogP contribution in [0.2, 0.25) is 5.02 Å². The van der Waals surface area contributed by atoms with Gasteiger partial charge in [-0.05, 0) is 44.2 Å². The summed E-state index contributed by atoms with van der Waals surface area (Å²) in [5, 5.41) is 5.55. The molecule has 8 heteroatoms. The Morgan fingerprint density at radius 1 is 1.31 bits per heavy atom. The molecule has 6 nitrogen and oxygen atoms in total. The molecule has 1 aliphatic heterocycles. The number of halogens is 1. The highest BCUT2D eigenvalue weighted by Gasteiger charge is 2.31. The fraction of sp³-hybridized carbons (Fsp3) is 0.571. The van der Waals surface area contributed by atoms with Crippen LogP contribution in [-0.4, -0.2) is 51.0 Å². The largest absolute Gasteiger partial charge is 0.495 e. The average molecular weight is 437 g/mol. The third kappa shape index (κ3) is 4.89. The van der Waals surface area contributed by atoms with E-state index in [1.807, 2.05) is 30.0 Å². The van der Waals surface area contributed by atoms with Crippen LogP contribution in [0.5, 0.6) is 5.75 Å². The van der Waals surface area contributed by atoms with E-state index in [1.54, 1.807) is 11.8 Å². The summed E-state index contributed by atoms with van der Waals surface area (Å²) >= 11 is 7.93. The number of piperidine rings is 1. The molecule has 0 bridgehead atoms. The number of benzene rings is 1. The molecule has 158 valence electrons. The van der Waals surface area contributed by atoms with Gasteiger partial charge < -0.3 is 9.64 Å². The molecule has 0 N–H and O–H groups in total. The van der Waals surface area contributed by atoms with Crippen molar-refractivity contribution in [1.29, 1.82) is 0 Å². The zero-order valence-electron chi connectivity index (χ0n) is 17.5. The second-order valence-electron chi connectivity index (χ2n) is 7.46. The maximum atomic E-state index is 13.2. The number of ether oxygens (including phenoxy) is 1. The molecule has 29 heavy (non-hydrogen) atoms. The fourth-order valence-electron chi connectivity index (χ4n) is 3.50. The van der Waals surface area contributed by atoms with Gasteiger partial charge in [0.2, 0.25) is 11.1 Å². The van der Waals surface area contributed by atoms with Crippen molar-refractivity contribution in [3.8, 4) is 11.4 Å². The van der Waals surface area contributed by atoms with Crippen molar-refractivity contribution < 1.29 is 9.53 Å². The van der Waals surface area contributed by atoms with Crippen molar-refractivity contribution in [2.45, 2.75) is 56.9 Å². The SMILES string of the molecule is CCC(C)C(Sc1nc(C)n(-c2cccc(OC)c2Cl)n1)C(=O)N1CCCCC1. The smallest absolute Gasteiger partial charge is 0.236 e. The molecule has 1 fully saturated rings. The van der Waals surface area contributed by atoms with Gasteiger partial charge >= 0.3 is 0 Å². The van der Waals surface area contributed by atoms with Crippen LogP contribution in [0.1, 0.15) is 45.4 Å². The number of carbonyl (C=O) groups is 1. The lowest BCUT2D eigenvalue weighted by Crippen LogP contribution is -2.43. The van der Waals surface area contributed by atoms with E-state index >= 15 is 0 Å². The minimum absolute atomic E-state index is 0.186. The van der Waals surface area contributed by atoms with Gasteiger partial charge in [0.05, 0.1) is 18.0 Å². The van der Waals surface area contributed by atoms with Gasteiger partial charge in [-0.25, -0.2) is 9.67 Å². The lowest BCUT2D eigenvalue weighted by molar-refractivity contribution is -0.132. The van der Waals surface area contributed by atoms with Gasteiger partial charge in [0.1, 0.15) is 16.6 Å². The second kappa shape index (κ2) is 9.85. The Hall–Kier alpha value is -1.73. The first kappa shape index (κ1) is 22.0. The van der Waals surface area contributed by atoms with Crippen molar-refractivity contribution in [1.82, 2.24) is 19.7 Å². The number of hydrogen-bond donors (Lipinski definition) is 0. The van der Waals surface area contributed by atoms with Crippen LogP contribution in [0.4, 0.5) is 0 Å². The highest BCUT2D eigenvalue weighted by molar-refractivity contribution is 8.00. The Labute approximate surface area is 182 Å². The van der Waals surface area contributed by atoms with Crippen molar-refractivity contribution in [2.24, 2.45) is 5.92 Å². The number of carbonyl (C=O) groups excluding carboxylic acids is 1. The van der Waals surface area contributed by atoms with Crippen molar-refractivity contribution >= 4 is 29.3 Å². The summed E-state index contributed by atoms with van der Waals surface area (Å²) in [4.78, 5) is 19.8. The molecule has 0 radical (unpaired) electrons. The summed E-state index contributed by atoms with van der Waals surface area (Å²) in [6.45, 7) is 7.84. The number of amides is 1. The Morgan fingerprint density at radius 3 is 2.69 bits per heavy atom. The monoisotopic (exact) mass is 436 g/mol. The van der Waals surface area contributed by atoms with Gasteiger partial charge in [-0.3, -0.25) is 4.79 Å². The fourth-order valence-corrected chi connectivity index (χ4v) is 4.99. The lowest BCUT2D eigenvalue weighted by atomic mass is 10.0. The van der Waals surface area contributed by atoms with Crippen LogP contribution < -0.4 is 4.74 Å². The van der Waals surface area contributed by atoms with Crippen LogP contribution in [0, 0.1) is 12.8 Å². The standard InChI is InChI=1S/C21H29ClN4O2S/c1-5-14(2)19(20(27)25-12-7-6-8-13-25)29-21-23-15(3)26(24-21)16-10-9-11-17(28-4)18(16)22/h9-11,14,19H,5-8,12-13H2,1-4H3. The summed E-state index contributed by atoms with van der Waals surface area (Å²) in [5.74, 6) is 1.75. The molecular formula is C21H29ClN4O2S. The zero-order chi connectivity index (χ0) is 21.0. The maximum absolute atomic E-state index is 13.2. The topological polar surface area (TPSA) is 60.2 Å². The van der Waals surface area contributed by atoms with Gasteiger partial charge in [-0.2, -0.15) is 0 Å². The van der Waals surface area contributed by atoms with Gasteiger partial charge in [0, 0.05) is 13.1 Å². The quantitative estimate of drug-likeness (QED) is 0.586. The number of methoxy groups -OCH3 is 1. The predicted molar refractivity (Wildman–Crippen MR) is 117 cm³/mol. The van der Waals surface area contributed by atoms with Crippen LogP contribution in [-0.2, 0) is 4.79 Å². The van der Waals surface area contributed by atoms with Crippen molar-refractivity contribution in [3.05, 3.63) is 29.0 Å².